The van der Waals surface area contributed by atoms with Gasteiger partial charge in [-0.3, -0.25) is 9.69 Å². The van der Waals surface area contributed by atoms with Crippen molar-refractivity contribution in [2.24, 2.45) is 5.92 Å². The van der Waals surface area contributed by atoms with Gasteiger partial charge < -0.3 is 39.7 Å². The van der Waals surface area contributed by atoms with E-state index < -0.39 is 18.0 Å². The van der Waals surface area contributed by atoms with Crippen LogP contribution >= 0.6 is 0 Å². The SMILES string of the molecule is Cc1noc(C)c1NC(=O)Nc1ccc2c(c1)C(=O)N([C@@H](C)CO)C[C@@H](C)[C@H](CN(C)Cc1ccc(C(=O)O)cc1)OCCCC[C@H](C)O2. The zero-order valence-corrected chi connectivity index (χ0v) is 29.2. The summed E-state index contributed by atoms with van der Waals surface area (Å²) in [5.41, 5.74) is 2.88. The molecule has 49 heavy (non-hydrogen) atoms. The van der Waals surface area contributed by atoms with Crippen LogP contribution in [0.2, 0.25) is 0 Å². The van der Waals surface area contributed by atoms with Gasteiger partial charge in [0.25, 0.3) is 5.91 Å². The fourth-order valence-corrected chi connectivity index (χ4v) is 5.84. The van der Waals surface area contributed by atoms with Crippen LogP contribution in [0.5, 0.6) is 5.75 Å². The van der Waals surface area contributed by atoms with Crippen molar-refractivity contribution in [2.75, 3.05) is 44.0 Å². The van der Waals surface area contributed by atoms with Crippen LogP contribution in [0.15, 0.2) is 47.0 Å². The Balaban J connectivity index is 1.58. The van der Waals surface area contributed by atoms with Crippen molar-refractivity contribution in [3.63, 3.8) is 0 Å². The highest BCUT2D eigenvalue weighted by atomic mass is 16.5. The monoisotopic (exact) mass is 679 g/mol. The van der Waals surface area contributed by atoms with Gasteiger partial charge in [0, 0.05) is 37.8 Å². The zero-order chi connectivity index (χ0) is 35.7. The third kappa shape index (κ3) is 10.3. The van der Waals surface area contributed by atoms with E-state index in [1.807, 2.05) is 33.0 Å². The maximum absolute atomic E-state index is 14.4. The van der Waals surface area contributed by atoms with E-state index in [-0.39, 0.29) is 41.8 Å². The fraction of sp³-hybridized carbons (Fsp3) is 0.500. The summed E-state index contributed by atoms with van der Waals surface area (Å²) < 4.78 is 17.9. The number of aromatic carboxylic acids is 1. The molecule has 266 valence electrons. The zero-order valence-electron chi connectivity index (χ0n) is 29.2. The van der Waals surface area contributed by atoms with E-state index in [2.05, 4.69) is 20.7 Å². The molecule has 3 aromatic rings. The molecular weight excluding hydrogens is 630 g/mol. The number of hydrogen-bond acceptors (Lipinski definition) is 9. The maximum atomic E-state index is 14.4. The lowest BCUT2D eigenvalue weighted by atomic mass is 10.0. The van der Waals surface area contributed by atoms with E-state index in [1.54, 1.807) is 56.0 Å². The van der Waals surface area contributed by atoms with Crippen LogP contribution in [0, 0.1) is 19.8 Å². The van der Waals surface area contributed by atoms with Crippen LogP contribution in [-0.4, -0.2) is 94.7 Å². The molecule has 13 nitrogen and oxygen atoms in total. The summed E-state index contributed by atoms with van der Waals surface area (Å²) in [5, 5.41) is 28.9. The number of aliphatic hydroxyl groups excluding tert-OH is 1. The molecule has 0 spiro atoms. The number of carbonyl (C=O) groups excluding carboxylic acids is 2. The first-order valence-electron chi connectivity index (χ1n) is 16.7. The number of nitrogens with zero attached hydrogens (tertiary/aromatic N) is 3. The van der Waals surface area contributed by atoms with Gasteiger partial charge in [-0.2, -0.15) is 0 Å². The number of aliphatic hydroxyl groups is 1. The molecule has 2 heterocycles. The topological polar surface area (TPSA) is 167 Å². The summed E-state index contributed by atoms with van der Waals surface area (Å²) in [5.74, 6) is -0.556. The van der Waals surface area contributed by atoms with E-state index in [4.69, 9.17) is 14.0 Å². The van der Waals surface area contributed by atoms with E-state index in [1.165, 1.54) is 0 Å². The number of nitrogens with one attached hydrogen (secondary N) is 2. The van der Waals surface area contributed by atoms with Crippen LogP contribution in [0.3, 0.4) is 0 Å². The van der Waals surface area contributed by atoms with Gasteiger partial charge in [0.05, 0.1) is 36.0 Å². The number of carboxylic acid groups (broad SMARTS) is 1. The van der Waals surface area contributed by atoms with Crippen molar-refractivity contribution >= 4 is 29.3 Å². The van der Waals surface area contributed by atoms with Crippen LogP contribution < -0.4 is 15.4 Å². The molecule has 0 fully saturated rings. The number of aromatic nitrogens is 1. The Labute approximate surface area is 287 Å². The Bertz CT molecular complexity index is 1560. The molecule has 0 unspecified atom stereocenters. The van der Waals surface area contributed by atoms with Gasteiger partial charge in [0.2, 0.25) is 0 Å². The smallest absolute Gasteiger partial charge is 0.335 e. The minimum absolute atomic E-state index is 0.122. The fourth-order valence-electron chi connectivity index (χ4n) is 5.84. The molecule has 0 aliphatic carbocycles. The first-order valence-corrected chi connectivity index (χ1v) is 16.7. The number of ether oxygens (including phenoxy) is 2. The second kappa shape index (κ2) is 17.3. The predicted molar refractivity (Wildman–Crippen MR) is 185 cm³/mol. The molecular formula is C36H49N5O8. The minimum Gasteiger partial charge on any atom is -0.490 e. The van der Waals surface area contributed by atoms with Crippen molar-refractivity contribution in [1.29, 1.82) is 0 Å². The van der Waals surface area contributed by atoms with Gasteiger partial charge in [0.15, 0.2) is 5.76 Å². The predicted octanol–water partition coefficient (Wildman–Crippen LogP) is 5.56. The quantitative estimate of drug-likeness (QED) is 0.225. The Morgan fingerprint density at radius 3 is 2.49 bits per heavy atom. The average molecular weight is 680 g/mol. The minimum atomic E-state index is -0.965. The number of likely N-dealkylation sites (N-methyl/N-ethyl adjacent to an activating group) is 1. The summed E-state index contributed by atoms with van der Waals surface area (Å²) in [6.07, 6.45) is 2.03. The van der Waals surface area contributed by atoms with E-state index in [0.717, 1.165) is 24.8 Å². The Morgan fingerprint density at radius 1 is 1.10 bits per heavy atom. The van der Waals surface area contributed by atoms with Crippen molar-refractivity contribution in [2.45, 2.75) is 78.7 Å². The highest BCUT2D eigenvalue weighted by Gasteiger charge is 2.30. The van der Waals surface area contributed by atoms with Crippen LogP contribution in [0.4, 0.5) is 16.2 Å². The largest absolute Gasteiger partial charge is 0.490 e. The second-order valence-electron chi connectivity index (χ2n) is 13.0. The van der Waals surface area contributed by atoms with Gasteiger partial charge in [-0.15, -0.1) is 0 Å². The van der Waals surface area contributed by atoms with Gasteiger partial charge in [-0.25, -0.2) is 9.59 Å². The standard InChI is InChI=1S/C36H49N5O8/c1-22-18-41(23(2)21-42)34(43)30-17-29(37-36(46)38-33-25(4)39-49-26(33)5)14-15-31(30)48-24(3)9-7-8-16-47-32(22)20-40(6)19-27-10-12-28(13-11-27)35(44)45/h10-15,17,22-24,32,42H,7-9,16,18-21H2,1-6H3,(H,44,45)(H2,37,38,46)/t22-,23+,24+,32+/m1/s1. The van der Waals surface area contributed by atoms with E-state index in [0.29, 0.717) is 54.8 Å². The molecule has 1 aromatic heterocycles. The number of amides is 3. The van der Waals surface area contributed by atoms with Gasteiger partial charge in [-0.1, -0.05) is 24.2 Å². The first kappa shape index (κ1) is 37.4. The number of rotatable bonds is 9. The molecule has 3 amide bonds. The molecule has 1 aliphatic rings. The molecule has 4 atom stereocenters. The number of hydrogen-bond donors (Lipinski definition) is 4. The third-order valence-corrected chi connectivity index (χ3v) is 8.73. The van der Waals surface area contributed by atoms with Gasteiger partial charge >= 0.3 is 12.0 Å². The Morgan fingerprint density at radius 2 is 1.84 bits per heavy atom. The molecule has 13 heteroatoms. The molecule has 4 rings (SSSR count). The Kier molecular flexibility index (Phi) is 13.2. The van der Waals surface area contributed by atoms with Crippen molar-refractivity contribution in [3.8, 4) is 5.75 Å². The maximum Gasteiger partial charge on any atom is 0.335 e. The van der Waals surface area contributed by atoms with Crippen molar-refractivity contribution < 1.29 is 38.6 Å². The molecule has 0 saturated carbocycles. The number of anilines is 2. The van der Waals surface area contributed by atoms with E-state index >= 15 is 0 Å². The number of carbonyl (C=O) groups is 3. The summed E-state index contributed by atoms with van der Waals surface area (Å²) >= 11 is 0. The summed E-state index contributed by atoms with van der Waals surface area (Å²) in [6, 6.07) is 10.8. The van der Waals surface area contributed by atoms with Gasteiger partial charge in [0.1, 0.15) is 17.1 Å². The normalized spacial score (nSPS) is 19.8. The lowest BCUT2D eigenvalue weighted by Crippen LogP contribution is -2.47. The molecule has 2 aromatic carbocycles. The van der Waals surface area contributed by atoms with Crippen LogP contribution in [0.25, 0.3) is 0 Å². The summed E-state index contributed by atoms with van der Waals surface area (Å²) in [7, 11) is 1.98. The van der Waals surface area contributed by atoms with Crippen LogP contribution in [-0.2, 0) is 11.3 Å². The Hall–Kier alpha value is -4.46. The second-order valence-corrected chi connectivity index (χ2v) is 13.0. The van der Waals surface area contributed by atoms with E-state index in [9.17, 15) is 24.6 Å². The number of aryl methyl sites for hydroxylation is 2. The summed E-state index contributed by atoms with van der Waals surface area (Å²) in [6.45, 7) is 11.0. The number of benzene rings is 2. The highest BCUT2D eigenvalue weighted by Crippen LogP contribution is 2.29. The molecule has 0 saturated heterocycles. The molecule has 0 radical (unpaired) electrons. The number of urea groups is 1. The lowest BCUT2D eigenvalue weighted by Gasteiger charge is -2.36. The third-order valence-electron chi connectivity index (χ3n) is 8.73. The van der Waals surface area contributed by atoms with Crippen molar-refractivity contribution in [1.82, 2.24) is 15.0 Å². The van der Waals surface area contributed by atoms with Crippen LogP contribution in [0.1, 0.15) is 77.8 Å². The summed E-state index contributed by atoms with van der Waals surface area (Å²) in [4.78, 5) is 42.3. The average Bonchev–Trinajstić information content (AvgIpc) is 3.38. The highest BCUT2D eigenvalue weighted by molar-refractivity contribution is 6.03. The number of carboxylic acids is 1. The first-order chi connectivity index (χ1) is 23.4. The number of fused-ring (bicyclic) bond motifs is 1. The van der Waals surface area contributed by atoms with Crippen molar-refractivity contribution in [3.05, 3.63) is 70.6 Å². The molecule has 1 aliphatic heterocycles. The molecule has 0 bridgehead atoms. The van der Waals surface area contributed by atoms with Gasteiger partial charge in [-0.05, 0) is 89.9 Å². The molecule has 4 N–H and O–H groups in total. The lowest BCUT2D eigenvalue weighted by molar-refractivity contribution is -0.0177.